The summed E-state index contributed by atoms with van der Waals surface area (Å²) in [6.45, 7) is 2.14. The fraction of sp³-hybridized carbons (Fsp3) is 0.250. The van der Waals surface area contributed by atoms with Gasteiger partial charge in [-0.3, -0.25) is 0 Å². The highest BCUT2D eigenvalue weighted by Crippen LogP contribution is 2.26. The van der Waals surface area contributed by atoms with E-state index in [2.05, 4.69) is 0 Å². The Balaban J connectivity index is 2.15. The lowest BCUT2D eigenvalue weighted by atomic mass is 10.1. The molecule has 0 aliphatic carbocycles. The van der Waals surface area contributed by atoms with E-state index in [9.17, 15) is 5.11 Å². The Morgan fingerprint density at radius 3 is 2.32 bits per heavy atom. The Morgan fingerprint density at radius 1 is 1.00 bits per heavy atom. The third kappa shape index (κ3) is 3.26. The van der Waals surface area contributed by atoms with E-state index in [0.29, 0.717) is 12.4 Å². The first-order chi connectivity index (χ1) is 9.22. The molecule has 0 heterocycles. The van der Waals surface area contributed by atoms with Gasteiger partial charge in [-0.15, -0.1) is 0 Å². The van der Waals surface area contributed by atoms with Crippen LogP contribution in [0.25, 0.3) is 0 Å². The number of aliphatic hydroxyl groups excluding tert-OH is 1. The molecule has 2 rings (SSSR count). The van der Waals surface area contributed by atoms with Crippen molar-refractivity contribution in [1.82, 2.24) is 0 Å². The SMILES string of the molecule is COc1ccccc1COc1ccccc1[C@@H](C)O. The monoisotopic (exact) mass is 258 g/mol. The first kappa shape index (κ1) is 13.4. The minimum Gasteiger partial charge on any atom is -0.496 e. The van der Waals surface area contributed by atoms with E-state index in [0.717, 1.165) is 16.9 Å². The second kappa shape index (κ2) is 6.25. The molecule has 0 radical (unpaired) electrons. The van der Waals surface area contributed by atoms with Crippen molar-refractivity contribution in [2.24, 2.45) is 0 Å². The maximum Gasteiger partial charge on any atom is 0.125 e. The van der Waals surface area contributed by atoms with Crippen LogP contribution in [-0.4, -0.2) is 12.2 Å². The van der Waals surface area contributed by atoms with Crippen LogP contribution in [0.1, 0.15) is 24.2 Å². The molecule has 0 aliphatic heterocycles. The number of para-hydroxylation sites is 2. The molecule has 0 aromatic heterocycles. The zero-order chi connectivity index (χ0) is 13.7. The van der Waals surface area contributed by atoms with Crippen LogP contribution in [-0.2, 0) is 6.61 Å². The topological polar surface area (TPSA) is 38.7 Å². The molecule has 0 fully saturated rings. The molecule has 0 aliphatic rings. The van der Waals surface area contributed by atoms with Gasteiger partial charge in [-0.05, 0) is 19.1 Å². The molecule has 2 aromatic rings. The molecule has 2 aromatic carbocycles. The van der Waals surface area contributed by atoms with Gasteiger partial charge in [-0.2, -0.15) is 0 Å². The Kier molecular flexibility index (Phi) is 4.42. The normalized spacial score (nSPS) is 11.9. The van der Waals surface area contributed by atoms with E-state index in [1.54, 1.807) is 14.0 Å². The minimum atomic E-state index is -0.547. The number of hydrogen-bond donors (Lipinski definition) is 1. The molecule has 0 amide bonds. The van der Waals surface area contributed by atoms with Crippen LogP contribution >= 0.6 is 0 Å². The third-order valence-electron chi connectivity index (χ3n) is 2.94. The molecule has 0 bridgehead atoms. The van der Waals surface area contributed by atoms with Gasteiger partial charge in [0, 0.05) is 11.1 Å². The summed E-state index contributed by atoms with van der Waals surface area (Å²) in [6.07, 6.45) is -0.547. The average molecular weight is 258 g/mol. The van der Waals surface area contributed by atoms with Crippen molar-refractivity contribution in [3.63, 3.8) is 0 Å². The molecule has 0 saturated heterocycles. The third-order valence-corrected chi connectivity index (χ3v) is 2.94. The van der Waals surface area contributed by atoms with Gasteiger partial charge in [0.2, 0.25) is 0 Å². The summed E-state index contributed by atoms with van der Waals surface area (Å²) in [4.78, 5) is 0. The van der Waals surface area contributed by atoms with Gasteiger partial charge in [0.15, 0.2) is 0 Å². The van der Waals surface area contributed by atoms with Crippen LogP contribution in [0, 0.1) is 0 Å². The van der Waals surface area contributed by atoms with Gasteiger partial charge < -0.3 is 14.6 Å². The van der Waals surface area contributed by atoms with Gasteiger partial charge >= 0.3 is 0 Å². The van der Waals surface area contributed by atoms with E-state index >= 15 is 0 Å². The van der Waals surface area contributed by atoms with E-state index in [-0.39, 0.29) is 0 Å². The van der Waals surface area contributed by atoms with E-state index in [4.69, 9.17) is 9.47 Å². The number of aliphatic hydroxyl groups is 1. The van der Waals surface area contributed by atoms with Gasteiger partial charge in [-0.25, -0.2) is 0 Å². The fourth-order valence-corrected chi connectivity index (χ4v) is 1.93. The Hall–Kier alpha value is -2.00. The highest BCUT2D eigenvalue weighted by Gasteiger charge is 2.09. The summed E-state index contributed by atoms with van der Waals surface area (Å²) in [5.41, 5.74) is 1.77. The second-order valence-corrected chi connectivity index (χ2v) is 4.31. The molecule has 19 heavy (non-hydrogen) atoms. The van der Waals surface area contributed by atoms with Crippen molar-refractivity contribution in [3.05, 3.63) is 59.7 Å². The molecule has 100 valence electrons. The fourth-order valence-electron chi connectivity index (χ4n) is 1.93. The smallest absolute Gasteiger partial charge is 0.125 e. The second-order valence-electron chi connectivity index (χ2n) is 4.31. The number of ether oxygens (including phenoxy) is 2. The molecular formula is C16H18O3. The minimum absolute atomic E-state index is 0.410. The molecule has 1 N–H and O–H groups in total. The molecule has 0 saturated carbocycles. The first-order valence-corrected chi connectivity index (χ1v) is 6.24. The summed E-state index contributed by atoms with van der Waals surface area (Å²) in [6, 6.07) is 15.2. The summed E-state index contributed by atoms with van der Waals surface area (Å²) >= 11 is 0. The molecular weight excluding hydrogens is 240 g/mol. The molecule has 1 atom stereocenters. The Morgan fingerprint density at radius 2 is 1.63 bits per heavy atom. The predicted molar refractivity (Wildman–Crippen MR) is 74.4 cm³/mol. The van der Waals surface area contributed by atoms with Gasteiger partial charge in [0.25, 0.3) is 0 Å². The Labute approximate surface area is 113 Å². The number of methoxy groups -OCH3 is 1. The van der Waals surface area contributed by atoms with Crippen molar-refractivity contribution < 1.29 is 14.6 Å². The van der Waals surface area contributed by atoms with Gasteiger partial charge in [0.1, 0.15) is 18.1 Å². The highest BCUT2D eigenvalue weighted by molar-refractivity contribution is 5.36. The van der Waals surface area contributed by atoms with Crippen molar-refractivity contribution in [2.45, 2.75) is 19.6 Å². The largest absolute Gasteiger partial charge is 0.496 e. The molecule has 0 unspecified atom stereocenters. The van der Waals surface area contributed by atoms with E-state index in [1.807, 2.05) is 48.5 Å². The van der Waals surface area contributed by atoms with Crippen molar-refractivity contribution in [1.29, 1.82) is 0 Å². The maximum absolute atomic E-state index is 9.70. The maximum atomic E-state index is 9.70. The predicted octanol–water partition coefficient (Wildman–Crippen LogP) is 3.33. The first-order valence-electron chi connectivity index (χ1n) is 6.24. The van der Waals surface area contributed by atoms with Crippen LogP contribution in [0.5, 0.6) is 11.5 Å². The quantitative estimate of drug-likeness (QED) is 0.894. The Bertz CT molecular complexity index is 535. The molecule has 3 heteroatoms. The standard InChI is InChI=1S/C16H18O3/c1-12(17)14-8-4-6-10-16(14)19-11-13-7-3-5-9-15(13)18-2/h3-10,12,17H,11H2,1-2H3/t12-/m1/s1. The van der Waals surface area contributed by atoms with E-state index in [1.165, 1.54) is 0 Å². The van der Waals surface area contributed by atoms with Crippen LogP contribution in [0.3, 0.4) is 0 Å². The number of hydrogen-bond acceptors (Lipinski definition) is 3. The summed E-state index contributed by atoms with van der Waals surface area (Å²) in [7, 11) is 1.64. The highest BCUT2D eigenvalue weighted by atomic mass is 16.5. The summed E-state index contributed by atoms with van der Waals surface area (Å²) in [5, 5.41) is 9.70. The lowest BCUT2D eigenvalue weighted by Gasteiger charge is -2.14. The van der Waals surface area contributed by atoms with Crippen molar-refractivity contribution in [3.8, 4) is 11.5 Å². The summed E-state index contributed by atoms with van der Waals surface area (Å²) in [5.74, 6) is 1.50. The molecule has 3 nitrogen and oxygen atoms in total. The van der Waals surface area contributed by atoms with Crippen LogP contribution in [0.4, 0.5) is 0 Å². The molecule has 0 spiro atoms. The zero-order valence-corrected chi connectivity index (χ0v) is 11.2. The lowest BCUT2D eigenvalue weighted by Crippen LogP contribution is -2.02. The van der Waals surface area contributed by atoms with Crippen molar-refractivity contribution in [2.75, 3.05) is 7.11 Å². The van der Waals surface area contributed by atoms with E-state index < -0.39 is 6.10 Å². The average Bonchev–Trinajstić information content (AvgIpc) is 2.45. The van der Waals surface area contributed by atoms with Crippen LogP contribution < -0.4 is 9.47 Å². The number of benzene rings is 2. The van der Waals surface area contributed by atoms with Crippen molar-refractivity contribution >= 4 is 0 Å². The zero-order valence-electron chi connectivity index (χ0n) is 11.2. The number of rotatable bonds is 5. The van der Waals surface area contributed by atoms with Crippen LogP contribution in [0.15, 0.2) is 48.5 Å². The lowest BCUT2D eigenvalue weighted by molar-refractivity contribution is 0.190. The van der Waals surface area contributed by atoms with Gasteiger partial charge in [0.05, 0.1) is 13.2 Å². The van der Waals surface area contributed by atoms with Crippen LogP contribution in [0.2, 0.25) is 0 Å². The summed E-state index contributed by atoms with van der Waals surface area (Å²) < 4.78 is 11.1. The van der Waals surface area contributed by atoms with Gasteiger partial charge in [-0.1, -0.05) is 36.4 Å².